The molecule has 0 amide bonds. The quantitative estimate of drug-likeness (QED) is 0.742. The summed E-state index contributed by atoms with van der Waals surface area (Å²) in [6.45, 7) is 0. The van der Waals surface area contributed by atoms with Crippen molar-refractivity contribution in [3.8, 4) is 23.7 Å². The van der Waals surface area contributed by atoms with Crippen LogP contribution in [0.4, 0.5) is 5.69 Å². The van der Waals surface area contributed by atoms with Gasteiger partial charge in [-0.2, -0.15) is 10.5 Å². The number of rotatable bonds is 3. The molecule has 2 aromatic heterocycles. The number of benzene rings is 1. The smallest absolute Gasteiger partial charge is 0.246 e. The lowest BCUT2D eigenvalue weighted by Crippen LogP contribution is -1.89. The van der Waals surface area contributed by atoms with E-state index in [1.807, 2.05) is 18.2 Å². The zero-order valence-electron chi connectivity index (χ0n) is 11.3. The van der Waals surface area contributed by atoms with Gasteiger partial charge in [-0.15, -0.1) is 0 Å². The number of aromatic nitrogens is 2. The molecule has 104 valence electrons. The van der Waals surface area contributed by atoms with Crippen LogP contribution in [-0.2, 0) is 0 Å². The largest absolute Gasteiger partial charge is 0.435 e. The van der Waals surface area contributed by atoms with E-state index >= 15 is 0 Å². The maximum absolute atomic E-state index is 8.69. The van der Waals surface area contributed by atoms with Gasteiger partial charge in [0.15, 0.2) is 5.58 Å². The molecule has 6 heteroatoms. The Balaban J connectivity index is 1.93. The van der Waals surface area contributed by atoms with Crippen LogP contribution in [0.15, 0.2) is 58.8 Å². The molecule has 0 saturated carbocycles. The van der Waals surface area contributed by atoms with Crippen molar-refractivity contribution in [2.45, 2.75) is 0 Å². The first-order chi connectivity index (χ1) is 10.8. The molecule has 0 radical (unpaired) electrons. The summed E-state index contributed by atoms with van der Waals surface area (Å²) in [5.41, 5.74) is 2.65. The predicted molar refractivity (Wildman–Crippen MR) is 80.2 cm³/mol. The number of allylic oxidation sites excluding steroid dienone is 1. The van der Waals surface area contributed by atoms with Crippen LogP contribution in [-0.4, -0.2) is 9.97 Å². The highest BCUT2D eigenvalue weighted by atomic mass is 16.3. The second-order valence-electron chi connectivity index (χ2n) is 4.34. The molecule has 0 unspecified atom stereocenters. The summed E-state index contributed by atoms with van der Waals surface area (Å²) in [5, 5.41) is 20.3. The van der Waals surface area contributed by atoms with Gasteiger partial charge in [-0.3, -0.25) is 4.98 Å². The minimum absolute atomic E-state index is 0.00516. The molecule has 0 saturated heterocycles. The first-order valence-corrected chi connectivity index (χ1v) is 6.39. The standard InChI is InChI=1S/C16H9N5O/c17-8-11(9-18)10-20-12-4-5-15-14(7-12)21-16(22-15)13-3-1-2-6-19-13/h1-7,10,20H. The molecule has 6 nitrogen and oxygen atoms in total. The van der Waals surface area contributed by atoms with Crippen molar-refractivity contribution < 1.29 is 4.42 Å². The van der Waals surface area contributed by atoms with Crippen LogP contribution in [0.3, 0.4) is 0 Å². The van der Waals surface area contributed by atoms with Crippen molar-refractivity contribution >= 4 is 16.8 Å². The Labute approximate surface area is 126 Å². The van der Waals surface area contributed by atoms with Crippen LogP contribution >= 0.6 is 0 Å². The van der Waals surface area contributed by atoms with Crippen molar-refractivity contribution in [3.63, 3.8) is 0 Å². The molecular weight excluding hydrogens is 278 g/mol. The van der Waals surface area contributed by atoms with E-state index in [2.05, 4.69) is 15.3 Å². The van der Waals surface area contributed by atoms with Crippen molar-refractivity contribution in [3.05, 3.63) is 54.4 Å². The number of nitrogens with zero attached hydrogens (tertiary/aromatic N) is 4. The van der Waals surface area contributed by atoms with Gasteiger partial charge in [0.05, 0.1) is 0 Å². The lowest BCUT2D eigenvalue weighted by atomic mass is 10.3. The molecule has 3 aromatic rings. The summed E-state index contributed by atoms with van der Waals surface area (Å²) in [6.07, 6.45) is 3.02. The Morgan fingerprint density at radius 2 is 2.05 bits per heavy atom. The monoisotopic (exact) mass is 287 g/mol. The highest BCUT2D eigenvalue weighted by Gasteiger charge is 2.09. The van der Waals surface area contributed by atoms with E-state index in [0.29, 0.717) is 28.4 Å². The maximum Gasteiger partial charge on any atom is 0.246 e. The number of fused-ring (bicyclic) bond motifs is 1. The van der Waals surface area contributed by atoms with E-state index in [4.69, 9.17) is 14.9 Å². The zero-order valence-corrected chi connectivity index (χ0v) is 11.3. The first-order valence-electron chi connectivity index (χ1n) is 6.39. The fourth-order valence-electron chi connectivity index (χ4n) is 1.86. The van der Waals surface area contributed by atoms with Crippen LogP contribution in [0.1, 0.15) is 0 Å². The third-order valence-corrected chi connectivity index (χ3v) is 2.90. The fraction of sp³-hybridized carbons (Fsp3) is 0. The van der Waals surface area contributed by atoms with Crippen LogP contribution in [0.2, 0.25) is 0 Å². The van der Waals surface area contributed by atoms with Crippen LogP contribution in [0.25, 0.3) is 22.7 Å². The van der Waals surface area contributed by atoms with Crippen molar-refractivity contribution in [2.24, 2.45) is 0 Å². The number of hydrogen-bond donors (Lipinski definition) is 1. The van der Waals surface area contributed by atoms with Gasteiger partial charge in [-0.1, -0.05) is 6.07 Å². The van der Waals surface area contributed by atoms with Crippen LogP contribution < -0.4 is 5.32 Å². The highest BCUT2D eigenvalue weighted by molar-refractivity contribution is 5.79. The predicted octanol–water partition coefficient (Wildman–Crippen LogP) is 3.23. The molecule has 2 heterocycles. The highest BCUT2D eigenvalue weighted by Crippen LogP contribution is 2.25. The van der Waals surface area contributed by atoms with Crippen LogP contribution in [0.5, 0.6) is 0 Å². The van der Waals surface area contributed by atoms with Gasteiger partial charge in [0, 0.05) is 18.1 Å². The average molecular weight is 287 g/mol. The molecule has 0 atom stereocenters. The lowest BCUT2D eigenvalue weighted by Gasteiger charge is -1.98. The molecule has 3 rings (SSSR count). The van der Waals surface area contributed by atoms with Gasteiger partial charge in [-0.05, 0) is 30.3 Å². The van der Waals surface area contributed by atoms with E-state index in [1.165, 1.54) is 6.20 Å². The molecule has 0 aliphatic carbocycles. The second kappa shape index (κ2) is 5.78. The fourth-order valence-corrected chi connectivity index (χ4v) is 1.86. The summed E-state index contributed by atoms with van der Waals surface area (Å²) in [5.74, 6) is 0.443. The summed E-state index contributed by atoms with van der Waals surface area (Å²) in [4.78, 5) is 8.59. The average Bonchev–Trinajstić information content (AvgIpc) is 3.00. The third kappa shape index (κ3) is 2.62. The van der Waals surface area contributed by atoms with Crippen molar-refractivity contribution in [2.75, 3.05) is 5.32 Å². The SMILES string of the molecule is N#CC(C#N)=CNc1ccc2oc(-c3ccccn3)nc2c1. The Morgan fingerprint density at radius 1 is 1.18 bits per heavy atom. The second-order valence-corrected chi connectivity index (χ2v) is 4.34. The van der Waals surface area contributed by atoms with Gasteiger partial charge in [-0.25, -0.2) is 4.98 Å². The molecule has 0 aliphatic heterocycles. The van der Waals surface area contributed by atoms with E-state index < -0.39 is 0 Å². The molecule has 0 bridgehead atoms. The summed E-state index contributed by atoms with van der Waals surface area (Å²) in [6, 6.07) is 14.4. The van der Waals surface area contributed by atoms with Crippen LogP contribution in [0, 0.1) is 22.7 Å². The number of anilines is 1. The number of nitriles is 2. The topological polar surface area (TPSA) is 98.5 Å². The van der Waals surface area contributed by atoms with Gasteiger partial charge in [0.1, 0.15) is 28.9 Å². The van der Waals surface area contributed by atoms with Gasteiger partial charge in [0.2, 0.25) is 5.89 Å². The molecule has 0 spiro atoms. The Morgan fingerprint density at radius 3 is 2.77 bits per heavy atom. The number of hydrogen-bond acceptors (Lipinski definition) is 6. The Bertz CT molecular complexity index is 913. The van der Waals surface area contributed by atoms with E-state index in [-0.39, 0.29) is 5.57 Å². The van der Waals surface area contributed by atoms with Crippen molar-refractivity contribution in [1.29, 1.82) is 10.5 Å². The molecule has 1 aromatic carbocycles. The molecule has 22 heavy (non-hydrogen) atoms. The maximum atomic E-state index is 8.69. The van der Waals surface area contributed by atoms with Gasteiger partial charge >= 0.3 is 0 Å². The van der Waals surface area contributed by atoms with E-state index in [9.17, 15) is 0 Å². The normalized spacial score (nSPS) is 9.73. The summed E-state index contributed by atoms with van der Waals surface area (Å²) >= 11 is 0. The van der Waals surface area contributed by atoms with Crippen molar-refractivity contribution in [1.82, 2.24) is 9.97 Å². The Hall–Kier alpha value is -3.64. The molecule has 1 N–H and O–H groups in total. The number of nitrogens with one attached hydrogen (secondary N) is 1. The number of oxazole rings is 1. The van der Waals surface area contributed by atoms with Gasteiger partial charge < -0.3 is 9.73 Å². The number of pyridine rings is 1. The first kappa shape index (κ1) is 13.3. The third-order valence-electron chi connectivity index (χ3n) is 2.90. The summed E-state index contributed by atoms with van der Waals surface area (Å²) < 4.78 is 5.66. The lowest BCUT2D eigenvalue weighted by molar-refractivity contribution is 0.617. The van der Waals surface area contributed by atoms with Gasteiger partial charge in [0.25, 0.3) is 0 Å². The van der Waals surface area contributed by atoms with E-state index in [0.717, 1.165) is 0 Å². The molecular formula is C16H9N5O. The molecule has 0 aliphatic rings. The summed E-state index contributed by atoms with van der Waals surface area (Å²) in [7, 11) is 0. The molecule has 0 fully saturated rings. The minimum Gasteiger partial charge on any atom is -0.435 e. The van der Waals surface area contributed by atoms with E-state index in [1.54, 1.807) is 36.5 Å². The minimum atomic E-state index is -0.00516. The Kier molecular flexibility index (Phi) is 3.51. The zero-order chi connectivity index (χ0) is 15.4.